The Morgan fingerprint density at radius 2 is 2.28 bits per heavy atom. The van der Waals surface area contributed by atoms with Crippen molar-refractivity contribution in [1.82, 2.24) is 4.90 Å². The van der Waals surface area contributed by atoms with Gasteiger partial charge in [0.15, 0.2) is 0 Å². The maximum Gasteiger partial charge on any atom is 0.304 e. The van der Waals surface area contributed by atoms with Gasteiger partial charge in [0, 0.05) is 19.6 Å². The molecule has 0 bridgehead atoms. The first-order valence-corrected chi connectivity index (χ1v) is 6.38. The van der Waals surface area contributed by atoms with E-state index in [1.54, 1.807) is 0 Å². The predicted octanol–water partition coefficient (Wildman–Crippen LogP) is 1.92. The summed E-state index contributed by atoms with van der Waals surface area (Å²) in [4.78, 5) is 12.8. The molecule has 0 unspecified atom stereocenters. The summed E-state index contributed by atoms with van der Waals surface area (Å²) in [5.74, 6) is 0.167. The molecule has 98 valence electrons. The van der Waals surface area contributed by atoms with Crippen LogP contribution in [0.5, 0.6) is 5.75 Å². The maximum absolute atomic E-state index is 10.6. The molecule has 0 fully saturated rings. The minimum Gasteiger partial charge on any atom is -0.494 e. The van der Waals surface area contributed by atoms with Gasteiger partial charge < -0.3 is 9.84 Å². The molecule has 4 nitrogen and oxygen atoms in total. The van der Waals surface area contributed by atoms with Gasteiger partial charge in [-0.15, -0.1) is 0 Å². The Hall–Kier alpha value is -1.55. The predicted molar refractivity (Wildman–Crippen MR) is 68.8 cm³/mol. The zero-order chi connectivity index (χ0) is 13.0. The van der Waals surface area contributed by atoms with E-state index in [0.29, 0.717) is 13.2 Å². The van der Waals surface area contributed by atoms with Crippen molar-refractivity contribution in [2.24, 2.45) is 0 Å². The van der Waals surface area contributed by atoms with E-state index in [1.807, 2.05) is 13.0 Å². The molecule has 0 atom stereocenters. The summed E-state index contributed by atoms with van der Waals surface area (Å²) >= 11 is 0. The second-order valence-corrected chi connectivity index (χ2v) is 4.53. The van der Waals surface area contributed by atoms with Crippen molar-refractivity contribution < 1.29 is 14.6 Å². The molecule has 1 aromatic carbocycles. The number of carboxylic acid groups (broad SMARTS) is 1. The highest BCUT2D eigenvalue weighted by Gasteiger charge is 2.17. The third-order valence-electron chi connectivity index (χ3n) is 3.22. The highest BCUT2D eigenvalue weighted by atomic mass is 16.5. The molecule has 1 aromatic rings. The fourth-order valence-electron chi connectivity index (χ4n) is 2.29. The van der Waals surface area contributed by atoms with E-state index >= 15 is 0 Å². The monoisotopic (exact) mass is 249 g/mol. The van der Waals surface area contributed by atoms with Crippen molar-refractivity contribution in [2.45, 2.75) is 26.3 Å². The zero-order valence-electron chi connectivity index (χ0n) is 10.7. The van der Waals surface area contributed by atoms with Gasteiger partial charge in [-0.05, 0) is 36.6 Å². The van der Waals surface area contributed by atoms with Crippen LogP contribution >= 0.6 is 0 Å². The average molecular weight is 249 g/mol. The fraction of sp³-hybridized carbons (Fsp3) is 0.500. The Kier molecular flexibility index (Phi) is 4.20. The van der Waals surface area contributed by atoms with E-state index < -0.39 is 5.97 Å². The van der Waals surface area contributed by atoms with Crippen LogP contribution in [-0.4, -0.2) is 35.7 Å². The van der Waals surface area contributed by atoms with E-state index in [4.69, 9.17) is 9.84 Å². The lowest BCUT2D eigenvalue weighted by Gasteiger charge is -2.28. The normalized spacial score (nSPS) is 15.2. The molecule has 0 radical (unpaired) electrons. The molecule has 2 rings (SSSR count). The number of rotatable bonds is 5. The van der Waals surface area contributed by atoms with Crippen LogP contribution in [0.1, 0.15) is 24.5 Å². The summed E-state index contributed by atoms with van der Waals surface area (Å²) < 4.78 is 5.49. The lowest BCUT2D eigenvalue weighted by molar-refractivity contribution is -0.137. The van der Waals surface area contributed by atoms with Crippen molar-refractivity contribution in [1.29, 1.82) is 0 Å². The van der Waals surface area contributed by atoms with E-state index in [9.17, 15) is 4.79 Å². The zero-order valence-corrected chi connectivity index (χ0v) is 10.7. The quantitative estimate of drug-likeness (QED) is 0.866. The number of carbonyl (C=O) groups is 1. The minimum absolute atomic E-state index is 0.209. The minimum atomic E-state index is -0.733. The Balaban J connectivity index is 2.02. The van der Waals surface area contributed by atoms with Crippen LogP contribution in [0.4, 0.5) is 0 Å². The first kappa shape index (κ1) is 12.9. The van der Waals surface area contributed by atoms with E-state index in [1.165, 1.54) is 11.1 Å². The van der Waals surface area contributed by atoms with E-state index in [0.717, 1.165) is 25.3 Å². The smallest absolute Gasteiger partial charge is 0.304 e. The Labute approximate surface area is 107 Å². The van der Waals surface area contributed by atoms with Crippen LogP contribution in [0.15, 0.2) is 18.2 Å². The molecule has 0 amide bonds. The van der Waals surface area contributed by atoms with Crippen LogP contribution in [0, 0.1) is 0 Å². The van der Waals surface area contributed by atoms with Gasteiger partial charge in [0.2, 0.25) is 0 Å². The largest absolute Gasteiger partial charge is 0.494 e. The van der Waals surface area contributed by atoms with Crippen molar-refractivity contribution >= 4 is 5.97 Å². The molecular formula is C14H19NO3. The molecule has 0 aromatic heterocycles. The molecular weight excluding hydrogens is 230 g/mol. The second kappa shape index (κ2) is 5.87. The standard InChI is InChI=1S/C14H19NO3/c1-2-18-13-4-3-11-5-7-15(8-6-14(16)17)10-12(11)9-13/h3-4,9H,2,5-8,10H2,1H3,(H,16,17). The summed E-state index contributed by atoms with van der Waals surface area (Å²) in [7, 11) is 0. The molecule has 1 heterocycles. The molecule has 0 aliphatic carbocycles. The number of benzene rings is 1. The summed E-state index contributed by atoms with van der Waals surface area (Å²) in [5.41, 5.74) is 2.61. The molecule has 0 saturated heterocycles. The molecule has 0 spiro atoms. The maximum atomic E-state index is 10.6. The Bertz CT molecular complexity index is 431. The van der Waals surface area contributed by atoms with Gasteiger partial charge in [-0.1, -0.05) is 6.07 Å². The number of hydrogen-bond donors (Lipinski definition) is 1. The van der Waals surface area contributed by atoms with Gasteiger partial charge in [0.1, 0.15) is 5.75 Å². The van der Waals surface area contributed by atoms with Crippen LogP contribution in [0.25, 0.3) is 0 Å². The van der Waals surface area contributed by atoms with Crippen molar-refractivity contribution in [3.05, 3.63) is 29.3 Å². The summed E-state index contributed by atoms with van der Waals surface area (Å²) in [6, 6.07) is 6.20. The van der Waals surface area contributed by atoms with Crippen molar-refractivity contribution in [3.63, 3.8) is 0 Å². The Morgan fingerprint density at radius 1 is 1.44 bits per heavy atom. The first-order valence-electron chi connectivity index (χ1n) is 6.38. The third kappa shape index (κ3) is 3.23. The molecule has 1 N–H and O–H groups in total. The van der Waals surface area contributed by atoms with Gasteiger partial charge in [-0.2, -0.15) is 0 Å². The van der Waals surface area contributed by atoms with Crippen LogP contribution in [0.2, 0.25) is 0 Å². The van der Waals surface area contributed by atoms with E-state index in [2.05, 4.69) is 17.0 Å². The highest BCUT2D eigenvalue weighted by molar-refractivity contribution is 5.66. The first-order chi connectivity index (χ1) is 8.69. The van der Waals surface area contributed by atoms with Gasteiger partial charge in [0.05, 0.1) is 13.0 Å². The van der Waals surface area contributed by atoms with Crippen LogP contribution < -0.4 is 4.74 Å². The van der Waals surface area contributed by atoms with Crippen LogP contribution in [0.3, 0.4) is 0 Å². The van der Waals surface area contributed by atoms with Crippen molar-refractivity contribution in [3.8, 4) is 5.75 Å². The van der Waals surface area contributed by atoms with Gasteiger partial charge in [-0.3, -0.25) is 9.69 Å². The molecule has 18 heavy (non-hydrogen) atoms. The second-order valence-electron chi connectivity index (χ2n) is 4.53. The van der Waals surface area contributed by atoms with Crippen LogP contribution in [-0.2, 0) is 17.8 Å². The molecule has 0 saturated carbocycles. The number of nitrogens with zero attached hydrogens (tertiary/aromatic N) is 1. The average Bonchev–Trinajstić information content (AvgIpc) is 2.36. The number of aliphatic carboxylic acids is 1. The molecule has 4 heteroatoms. The SMILES string of the molecule is CCOc1ccc2c(c1)CN(CCC(=O)O)CC2. The fourth-order valence-corrected chi connectivity index (χ4v) is 2.29. The number of carboxylic acids is 1. The number of ether oxygens (including phenoxy) is 1. The highest BCUT2D eigenvalue weighted by Crippen LogP contribution is 2.23. The topological polar surface area (TPSA) is 49.8 Å². The summed E-state index contributed by atoms with van der Waals surface area (Å²) in [6.07, 6.45) is 1.20. The number of fused-ring (bicyclic) bond motifs is 1. The van der Waals surface area contributed by atoms with Crippen molar-refractivity contribution in [2.75, 3.05) is 19.7 Å². The summed E-state index contributed by atoms with van der Waals surface area (Å²) in [5, 5.41) is 8.71. The van der Waals surface area contributed by atoms with Gasteiger partial charge in [-0.25, -0.2) is 0 Å². The lowest BCUT2D eigenvalue weighted by Crippen LogP contribution is -2.32. The lowest BCUT2D eigenvalue weighted by atomic mass is 9.99. The van der Waals surface area contributed by atoms with Gasteiger partial charge in [0.25, 0.3) is 0 Å². The van der Waals surface area contributed by atoms with Gasteiger partial charge >= 0.3 is 5.97 Å². The number of hydrogen-bond acceptors (Lipinski definition) is 3. The van der Waals surface area contributed by atoms with E-state index in [-0.39, 0.29) is 6.42 Å². The molecule has 1 aliphatic heterocycles. The Morgan fingerprint density at radius 3 is 3.00 bits per heavy atom. The third-order valence-corrected chi connectivity index (χ3v) is 3.22. The molecule has 1 aliphatic rings. The summed E-state index contributed by atoms with van der Waals surface area (Å²) in [6.45, 7) is 5.02.